The minimum absolute atomic E-state index is 0.109. The number of nitrogens with zero attached hydrogens (tertiary/aromatic N) is 5. The number of rotatable bonds is 10. The zero-order valence-corrected chi connectivity index (χ0v) is 34.4. The molecule has 58 heavy (non-hydrogen) atoms. The number of aromatic nitrogens is 4. The van der Waals surface area contributed by atoms with Crippen LogP contribution in [0.15, 0.2) is 48.8 Å². The number of amides is 4. The third-order valence-corrected chi connectivity index (χ3v) is 11.7. The molecule has 7 rings (SSSR count). The summed E-state index contributed by atoms with van der Waals surface area (Å²) in [5, 5.41) is 5.43. The zero-order valence-electron chi connectivity index (χ0n) is 34.4. The van der Waals surface area contributed by atoms with Crippen molar-refractivity contribution in [1.29, 1.82) is 0 Å². The van der Waals surface area contributed by atoms with Crippen LogP contribution in [0.25, 0.3) is 33.6 Å². The molecule has 2 saturated heterocycles. The van der Waals surface area contributed by atoms with E-state index < -0.39 is 24.3 Å². The fraction of sp³-hybridized carbons (Fsp3) is 0.488. The lowest BCUT2D eigenvalue weighted by Gasteiger charge is -2.30. The number of likely N-dealkylation sites (tertiary alicyclic amines) is 2. The van der Waals surface area contributed by atoms with Gasteiger partial charge in [0.05, 0.1) is 50.1 Å². The van der Waals surface area contributed by atoms with Crippen LogP contribution in [-0.4, -0.2) is 105 Å². The van der Waals surface area contributed by atoms with Crippen molar-refractivity contribution in [2.24, 2.45) is 11.8 Å². The summed E-state index contributed by atoms with van der Waals surface area (Å²) in [5.41, 5.74) is 8.53. The standard InChI is InChI=1S/C43H55N9O6/c1-24(2)36(48-42(55)57-6)40(53)51-16-8-10-34(51)38-44-20-32(46-38)26-12-14-30-28(18-26)22-50(5)23-29-19-27(13-15-31(29)30)33-21-45-39(47-33)35-11-9-17-52(35)41(54)37(25(3)4)49-43(56)58-7/h12-15,18-21,24-25,34-37H,8-11,16-17,22-23H2,1-7H3,(H,44,46)(H,45,47)(H,48,55)(H,49,56)/t34-,35-,36-,37-/m0/s1. The van der Waals surface area contributed by atoms with Gasteiger partial charge in [0, 0.05) is 26.2 Å². The number of carbonyl (C=O) groups excluding carboxylic acids is 4. The van der Waals surface area contributed by atoms with Gasteiger partial charge in [0.2, 0.25) is 11.8 Å². The van der Waals surface area contributed by atoms with Gasteiger partial charge in [0.1, 0.15) is 23.7 Å². The maximum absolute atomic E-state index is 13.7. The number of hydrogen-bond donors (Lipinski definition) is 4. The number of benzene rings is 2. The third-order valence-electron chi connectivity index (χ3n) is 11.7. The van der Waals surface area contributed by atoms with Gasteiger partial charge in [-0.25, -0.2) is 19.6 Å². The van der Waals surface area contributed by atoms with Gasteiger partial charge in [-0.1, -0.05) is 52.0 Å². The van der Waals surface area contributed by atoms with Crippen molar-refractivity contribution in [2.45, 2.75) is 90.6 Å². The maximum atomic E-state index is 13.7. The van der Waals surface area contributed by atoms with Crippen LogP contribution in [-0.2, 0) is 32.2 Å². The first-order valence-corrected chi connectivity index (χ1v) is 20.2. The topological polar surface area (TPSA) is 178 Å². The minimum atomic E-state index is -0.693. The van der Waals surface area contributed by atoms with Crippen molar-refractivity contribution in [3.8, 4) is 33.6 Å². The van der Waals surface area contributed by atoms with E-state index in [2.05, 4.69) is 68.9 Å². The monoisotopic (exact) mass is 793 g/mol. The molecule has 3 aliphatic heterocycles. The van der Waals surface area contributed by atoms with Crippen LogP contribution < -0.4 is 10.6 Å². The molecular formula is C43H55N9O6. The quantitative estimate of drug-likeness (QED) is 0.146. The summed E-state index contributed by atoms with van der Waals surface area (Å²) in [6.07, 6.45) is 5.69. The normalized spacial score (nSPS) is 19.1. The summed E-state index contributed by atoms with van der Waals surface area (Å²) in [5.74, 6) is 0.973. The Labute approximate surface area is 339 Å². The average molecular weight is 794 g/mol. The van der Waals surface area contributed by atoms with Gasteiger partial charge in [0.15, 0.2) is 0 Å². The first kappa shape index (κ1) is 40.5. The Hall–Kier alpha value is -5.70. The number of imidazole rings is 2. The summed E-state index contributed by atoms with van der Waals surface area (Å²) >= 11 is 0. The van der Waals surface area contributed by atoms with Crippen molar-refractivity contribution in [2.75, 3.05) is 34.4 Å². The second kappa shape index (κ2) is 17.0. The highest BCUT2D eigenvalue weighted by atomic mass is 16.5. The van der Waals surface area contributed by atoms with Crippen LogP contribution in [0, 0.1) is 11.8 Å². The van der Waals surface area contributed by atoms with Crippen LogP contribution >= 0.6 is 0 Å². The highest BCUT2D eigenvalue weighted by Gasteiger charge is 2.39. The number of alkyl carbamates (subject to hydrolysis) is 2. The van der Waals surface area contributed by atoms with Crippen LogP contribution in [0.5, 0.6) is 0 Å². The largest absolute Gasteiger partial charge is 0.453 e. The number of H-pyrrole nitrogens is 2. The van der Waals surface area contributed by atoms with Gasteiger partial charge in [-0.05, 0) is 90.1 Å². The minimum Gasteiger partial charge on any atom is -0.453 e. The van der Waals surface area contributed by atoms with Crippen molar-refractivity contribution in [1.82, 2.24) is 45.3 Å². The molecule has 3 aliphatic rings. The first-order valence-electron chi connectivity index (χ1n) is 20.2. The summed E-state index contributed by atoms with van der Waals surface area (Å²) in [7, 11) is 4.71. The van der Waals surface area contributed by atoms with Gasteiger partial charge in [-0.3, -0.25) is 14.5 Å². The number of aromatic amines is 2. The predicted molar refractivity (Wildman–Crippen MR) is 218 cm³/mol. The molecule has 0 aliphatic carbocycles. The van der Waals surface area contributed by atoms with E-state index in [-0.39, 0.29) is 35.7 Å². The summed E-state index contributed by atoms with van der Waals surface area (Å²) in [6, 6.07) is 11.2. The average Bonchev–Trinajstić information content (AvgIpc) is 4.04. The second-order valence-corrected chi connectivity index (χ2v) is 16.4. The molecule has 0 radical (unpaired) electrons. The summed E-state index contributed by atoms with van der Waals surface area (Å²) in [4.78, 5) is 73.9. The molecule has 4 amide bonds. The Morgan fingerprint density at radius 3 is 1.48 bits per heavy atom. The van der Waals surface area contributed by atoms with Gasteiger partial charge < -0.3 is 39.9 Å². The fourth-order valence-electron chi connectivity index (χ4n) is 8.64. The van der Waals surface area contributed by atoms with E-state index in [1.165, 1.54) is 36.5 Å². The molecule has 0 unspecified atom stereocenters. The molecule has 0 spiro atoms. The second-order valence-electron chi connectivity index (χ2n) is 16.4. The van der Waals surface area contributed by atoms with E-state index in [0.717, 1.165) is 72.9 Å². The Balaban J connectivity index is 1.09. The van der Waals surface area contributed by atoms with E-state index in [1.54, 1.807) is 0 Å². The molecule has 308 valence electrons. The molecular weight excluding hydrogens is 739 g/mol. The molecule has 4 aromatic rings. The van der Waals surface area contributed by atoms with Gasteiger partial charge in [-0.15, -0.1) is 0 Å². The number of methoxy groups -OCH3 is 2. The van der Waals surface area contributed by atoms with Crippen molar-refractivity contribution in [3.05, 3.63) is 71.6 Å². The molecule has 0 saturated carbocycles. The molecule has 5 heterocycles. The number of hydrogen-bond acceptors (Lipinski definition) is 9. The number of nitrogens with one attached hydrogen (secondary N) is 4. The van der Waals surface area contributed by atoms with Crippen LogP contribution in [0.3, 0.4) is 0 Å². The van der Waals surface area contributed by atoms with Gasteiger partial charge in [0.25, 0.3) is 0 Å². The van der Waals surface area contributed by atoms with E-state index in [1.807, 2.05) is 49.9 Å². The van der Waals surface area contributed by atoms with E-state index in [4.69, 9.17) is 19.4 Å². The predicted octanol–water partition coefficient (Wildman–Crippen LogP) is 6.17. The highest BCUT2D eigenvalue weighted by Crippen LogP contribution is 2.39. The SMILES string of the molecule is COC(=O)N[C@H](C(=O)N1CCC[C@H]1c1ncc(-c2ccc3c(c2)CN(C)Cc2cc(-c4cnc([C@@H]5CCCN5C(=O)[C@@H](NC(=O)OC)C(C)C)[nH]4)ccc2-3)[nH]1)C(C)C. The van der Waals surface area contributed by atoms with Crippen LogP contribution in [0.4, 0.5) is 9.59 Å². The number of ether oxygens (including phenoxy) is 2. The molecule has 2 fully saturated rings. The zero-order chi connectivity index (χ0) is 41.2. The van der Waals surface area contributed by atoms with Gasteiger partial charge in [-0.2, -0.15) is 0 Å². The fourth-order valence-corrected chi connectivity index (χ4v) is 8.64. The Kier molecular flexibility index (Phi) is 11.9. The molecule has 4 N–H and O–H groups in total. The van der Waals surface area contributed by atoms with Crippen LogP contribution in [0.1, 0.15) is 88.2 Å². The molecule has 15 nitrogen and oxygen atoms in total. The Bertz CT molecular complexity index is 2010. The molecule has 0 bridgehead atoms. The summed E-state index contributed by atoms with van der Waals surface area (Å²) in [6.45, 7) is 10.3. The molecule has 2 aromatic heterocycles. The molecule has 4 atom stereocenters. The Morgan fingerprint density at radius 1 is 0.690 bits per heavy atom. The Morgan fingerprint density at radius 2 is 1.10 bits per heavy atom. The molecule has 15 heteroatoms. The van der Waals surface area contributed by atoms with E-state index in [0.29, 0.717) is 13.1 Å². The smallest absolute Gasteiger partial charge is 0.407 e. The lowest BCUT2D eigenvalue weighted by Crippen LogP contribution is -2.51. The van der Waals surface area contributed by atoms with Crippen molar-refractivity contribution in [3.63, 3.8) is 0 Å². The lowest BCUT2D eigenvalue weighted by molar-refractivity contribution is -0.136. The van der Waals surface area contributed by atoms with Crippen molar-refractivity contribution >= 4 is 24.0 Å². The third kappa shape index (κ3) is 8.17. The number of fused-ring (bicyclic) bond motifs is 3. The first-order chi connectivity index (χ1) is 27.9. The van der Waals surface area contributed by atoms with Gasteiger partial charge >= 0.3 is 12.2 Å². The van der Waals surface area contributed by atoms with Crippen LogP contribution in [0.2, 0.25) is 0 Å². The maximum Gasteiger partial charge on any atom is 0.407 e. The lowest BCUT2D eigenvalue weighted by atomic mass is 9.93. The highest BCUT2D eigenvalue weighted by molar-refractivity contribution is 5.87. The summed E-state index contributed by atoms with van der Waals surface area (Å²) < 4.78 is 9.57. The number of carbonyl (C=O) groups is 4. The molecule has 2 aromatic carbocycles. The van der Waals surface area contributed by atoms with E-state index in [9.17, 15) is 19.2 Å². The van der Waals surface area contributed by atoms with Crippen molar-refractivity contribution < 1.29 is 28.7 Å². The van der Waals surface area contributed by atoms with E-state index >= 15 is 0 Å².